The normalized spacial score (nSPS) is 42.4. The lowest BCUT2D eigenvalue weighted by molar-refractivity contribution is -0.124. The van der Waals surface area contributed by atoms with Gasteiger partial charge in [-0.1, -0.05) is 26.3 Å². The molecule has 0 amide bonds. The number of carbonyl (C=O) groups is 1. The van der Waals surface area contributed by atoms with Crippen LogP contribution in [0.4, 0.5) is 0 Å². The van der Waals surface area contributed by atoms with Gasteiger partial charge in [-0.05, 0) is 49.5 Å². The van der Waals surface area contributed by atoms with Gasteiger partial charge in [0.15, 0.2) is 5.78 Å². The third-order valence-electron chi connectivity index (χ3n) is 5.12. The zero-order valence-corrected chi connectivity index (χ0v) is 11.4. The molecular weight excluding hydrogens is 212 g/mol. The maximum atomic E-state index is 11.7. The quantitative estimate of drug-likeness (QED) is 0.759. The number of rotatable bonds is 1. The molecule has 17 heavy (non-hydrogen) atoms. The maximum Gasteiger partial charge on any atom is 0.156 e. The zero-order chi connectivity index (χ0) is 12.8. The molecule has 1 saturated carbocycles. The molecule has 0 heterocycles. The molecule has 0 bridgehead atoms. The van der Waals surface area contributed by atoms with E-state index >= 15 is 0 Å². The van der Waals surface area contributed by atoms with Crippen LogP contribution < -0.4 is 0 Å². The summed E-state index contributed by atoms with van der Waals surface area (Å²) in [5.74, 6) is 0.926. The Morgan fingerprint density at radius 3 is 2.65 bits per heavy atom. The number of aliphatic hydroxyl groups is 1. The van der Waals surface area contributed by atoms with Crippen LogP contribution >= 0.6 is 0 Å². The van der Waals surface area contributed by atoms with Crippen LogP contribution in [0.2, 0.25) is 0 Å². The molecule has 0 aromatic heterocycles. The van der Waals surface area contributed by atoms with Crippen LogP contribution in [0.3, 0.4) is 0 Å². The van der Waals surface area contributed by atoms with Gasteiger partial charge in [0.05, 0.1) is 5.60 Å². The molecule has 1 N–H and O–H groups in total. The smallest absolute Gasteiger partial charge is 0.156 e. The van der Waals surface area contributed by atoms with Crippen molar-refractivity contribution in [1.29, 1.82) is 0 Å². The summed E-state index contributed by atoms with van der Waals surface area (Å²) in [5, 5.41) is 10.7. The van der Waals surface area contributed by atoms with Crippen molar-refractivity contribution in [3.63, 3.8) is 0 Å². The number of fused-ring (bicyclic) bond motifs is 1. The summed E-state index contributed by atoms with van der Waals surface area (Å²) in [4.78, 5) is 11.7. The first-order valence-electron chi connectivity index (χ1n) is 6.70. The molecule has 2 aliphatic carbocycles. The average Bonchev–Trinajstić information content (AvgIpc) is 2.20. The third kappa shape index (κ3) is 2.08. The molecule has 2 aliphatic rings. The molecule has 1 fully saturated rings. The minimum atomic E-state index is -0.542. The van der Waals surface area contributed by atoms with E-state index in [-0.39, 0.29) is 17.1 Å². The molecule has 0 unspecified atom stereocenters. The number of carbonyl (C=O) groups excluding carboxylic acids is 1. The van der Waals surface area contributed by atoms with Gasteiger partial charge in [0.1, 0.15) is 0 Å². The summed E-state index contributed by atoms with van der Waals surface area (Å²) in [6.45, 7) is 8.45. The van der Waals surface area contributed by atoms with E-state index in [1.165, 1.54) is 5.57 Å². The highest BCUT2D eigenvalue weighted by Gasteiger charge is 2.49. The first-order chi connectivity index (χ1) is 7.77. The fraction of sp³-hybridized carbons (Fsp3) is 0.800. The molecular formula is C15H24O2. The van der Waals surface area contributed by atoms with Crippen LogP contribution in [-0.4, -0.2) is 16.5 Å². The number of hydrogen-bond donors (Lipinski definition) is 1. The fourth-order valence-electron chi connectivity index (χ4n) is 3.63. The Hall–Kier alpha value is -0.630. The Kier molecular flexibility index (Phi) is 2.97. The van der Waals surface area contributed by atoms with Crippen molar-refractivity contribution in [1.82, 2.24) is 0 Å². The zero-order valence-electron chi connectivity index (χ0n) is 11.4. The second-order valence-corrected chi connectivity index (χ2v) is 6.70. The monoisotopic (exact) mass is 236 g/mol. The van der Waals surface area contributed by atoms with E-state index in [0.717, 1.165) is 19.3 Å². The minimum absolute atomic E-state index is 0.0804. The van der Waals surface area contributed by atoms with E-state index in [9.17, 15) is 9.90 Å². The van der Waals surface area contributed by atoms with Crippen molar-refractivity contribution in [2.24, 2.45) is 17.3 Å². The molecule has 0 saturated heterocycles. The van der Waals surface area contributed by atoms with E-state index in [1.54, 1.807) is 6.08 Å². The SMILES string of the molecule is CC1=CC(=O)C[C@@]2(C)CC[C@](O)(C(C)C)C[C@H]12. The number of ketones is 1. The van der Waals surface area contributed by atoms with Crippen LogP contribution in [0.1, 0.15) is 53.4 Å². The summed E-state index contributed by atoms with van der Waals surface area (Å²) in [7, 11) is 0. The maximum absolute atomic E-state index is 11.7. The Morgan fingerprint density at radius 1 is 1.41 bits per heavy atom. The van der Waals surface area contributed by atoms with E-state index in [2.05, 4.69) is 20.8 Å². The Balaban J connectivity index is 2.30. The lowest BCUT2D eigenvalue weighted by Gasteiger charge is -2.51. The van der Waals surface area contributed by atoms with Gasteiger partial charge in [-0.15, -0.1) is 0 Å². The van der Waals surface area contributed by atoms with Gasteiger partial charge in [-0.3, -0.25) is 4.79 Å². The predicted octanol–water partition coefficient (Wildman–Crippen LogP) is 3.10. The minimum Gasteiger partial charge on any atom is -0.390 e. The third-order valence-corrected chi connectivity index (χ3v) is 5.12. The molecule has 2 heteroatoms. The summed E-state index contributed by atoms with van der Waals surface area (Å²) < 4.78 is 0. The van der Waals surface area contributed by atoms with E-state index in [0.29, 0.717) is 12.3 Å². The van der Waals surface area contributed by atoms with E-state index < -0.39 is 5.60 Å². The highest BCUT2D eigenvalue weighted by atomic mass is 16.3. The molecule has 0 aromatic rings. The number of hydrogen-bond acceptors (Lipinski definition) is 2. The summed E-state index contributed by atoms with van der Waals surface area (Å²) in [6, 6.07) is 0. The van der Waals surface area contributed by atoms with Crippen LogP contribution in [0.15, 0.2) is 11.6 Å². The lowest BCUT2D eigenvalue weighted by Crippen LogP contribution is -2.49. The van der Waals surface area contributed by atoms with Gasteiger partial charge in [-0.25, -0.2) is 0 Å². The highest BCUT2D eigenvalue weighted by Crippen LogP contribution is 2.53. The van der Waals surface area contributed by atoms with Crippen LogP contribution in [-0.2, 0) is 4.79 Å². The van der Waals surface area contributed by atoms with Crippen molar-refractivity contribution < 1.29 is 9.90 Å². The molecule has 96 valence electrons. The van der Waals surface area contributed by atoms with Gasteiger partial charge >= 0.3 is 0 Å². The Bertz CT molecular complexity index is 369. The summed E-state index contributed by atoms with van der Waals surface area (Å²) in [5.41, 5.74) is 0.707. The lowest BCUT2D eigenvalue weighted by atomic mass is 9.55. The molecule has 0 aliphatic heterocycles. The Labute approximate surface area is 104 Å². The van der Waals surface area contributed by atoms with Gasteiger partial charge in [0.25, 0.3) is 0 Å². The van der Waals surface area contributed by atoms with Crippen LogP contribution in [0.25, 0.3) is 0 Å². The molecule has 2 rings (SSSR count). The van der Waals surface area contributed by atoms with E-state index in [4.69, 9.17) is 0 Å². The Morgan fingerprint density at radius 2 is 2.06 bits per heavy atom. The topological polar surface area (TPSA) is 37.3 Å². The molecule has 0 aromatic carbocycles. The van der Waals surface area contributed by atoms with Gasteiger partial charge in [-0.2, -0.15) is 0 Å². The van der Waals surface area contributed by atoms with Gasteiger partial charge in [0.2, 0.25) is 0 Å². The van der Waals surface area contributed by atoms with Crippen molar-refractivity contribution >= 4 is 5.78 Å². The summed E-state index contributed by atoms with van der Waals surface area (Å²) in [6.07, 6.45) is 5.06. The molecule has 0 spiro atoms. The fourth-order valence-corrected chi connectivity index (χ4v) is 3.63. The molecule has 3 atom stereocenters. The van der Waals surface area contributed by atoms with Crippen LogP contribution in [0.5, 0.6) is 0 Å². The first-order valence-corrected chi connectivity index (χ1v) is 6.70. The number of allylic oxidation sites excluding steroid dienone is 2. The second-order valence-electron chi connectivity index (χ2n) is 6.70. The average molecular weight is 236 g/mol. The molecule has 2 nitrogen and oxygen atoms in total. The summed E-state index contributed by atoms with van der Waals surface area (Å²) >= 11 is 0. The molecule has 0 radical (unpaired) electrons. The van der Waals surface area contributed by atoms with Gasteiger partial charge < -0.3 is 5.11 Å². The highest BCUT2D eigenvalue weighted by molar-refractivity contribution is 5.92. The standard InChI is InChI=1S/C15H24O2/c1-10(2)15(17)6-5-14(4)8-12(16)7-11(3)13(14)9-15/h7,10,13,17H,5-6,8-9H2,1-4H3/t13-,14-,15-/m1/s1. The van der Waals surface area contributed by atoms with Crippen molar-refractivity contribution in [3.05, 3.63) is 11.6 Å². The van der Waals surface area contributed by atoms with Gasteiger partial charge in [0, 0.05) is 6.42 Å². The van der Waals surface area contributed by atoms with E-state index in [1.807, 2.05) is 6.92 Å². The van der Waals surface area contributed by atoms with Crippen molar-refractivity contribution in [2.75, 3.05) is 0 Å². The van der Waals surface area contributed by atoms with Crippen LogP contribution in [0, 0.1) is 17.3 Å². The van der Waals surface area contributed by atoms with Crippen molar-refractivity contribution in [3.8, 4) is 0 Å². The largest absolute Gasteiger partial charge is 0.390 e. The first kappa shape index (κ1) is 12.8. The second kappa shape index (κ2) is 3.94. The predicted molar refractivity (Wildman–Crippen MR) is 68.6 cm³/mol. The van der Waals surface area contributed by atoms with Crippen molar-refractivity contribution in [2.45, 2.75) is 59.0 Å².